The van der Waals surface area contributed by atoms with E-state index in [0.717, 1.165) is 19.2 Å². The van der Waals surface area contributed by atoms with Gasteiger partial charge in [0.25, 0.3) is 5.91 Å². The quantitative estimate of drug-likeness (QED) is 0.463. The number of ether oxygens (including phenoxy) is 1. The van der Waals surface area contributed by atoms with E-state index < -0.39 is 58.2 Å². The maximum Gasteiger partial charge on any atom is 0.419 e. The normalized spacial score (nSPS) is 22.5. The average Bonchev–Trinajstić information content (AvgIpc) is 3.39. The zero-order valence-electron chi connectivity index (χ0n) is 21.6. The Bertz CT molecular complexity index is 1520. The topological polar surface area (TPSA) is 154 Å². The van der Waals surface area contributed by atoms with Crippen molar-refractivity contribution in [2.75, 3.05) is 19.6 Å². The summed E-state index contributed by atoms with van der Waals surface area (Å²) in [4.78, 5) is 53.4. The molecular weight excluding hydrogens is 627 g/mol. The molecule has 0 aromatic heterocycles. The van der Waals surface area contributed by atoms with Crippen LogP contribution in [-0.4, -0.2) is 77.3 Å². The summed E-state index contributed by atoms with van der Waals surface area (Å²) in [6.07, 6.45) is -1.27. The Morgan fingerprint density at radius 2 is 1.93 bits per heavy atom. The Kier molecular flexibility index (Phi) is 7.78. The Balaban J connectivity index is 1.40. The van der Waals surface area contributed by atoms with Crippen LogP contribution in [-0.2, 0) is 43.1 Å². The van der Waals surface area contributed by atoms with Gasteiger partial charge in [-0.15, -0.1) is 0 Å². The molecule has 2 saturated heterocycles. The molecule has 3 aliphatic rings. The molecule has 2 heterocycles. The third-order valence-corrected chi connectivity index (χ3v) is 9.49. The van der Waals surface area contributed by atoms with E-state index >= 15 is 0 Å². The molecule has 2 aliphatic heterocycles. The molecule has 0 radical (unpaired) electrons. The van der Waals surface area contributed by atoms with Crippen LogP contribution in [0.2, 0.25) is 0 Å². The van der Waals surface area contributed by atoms with Crippen LogP contribution in [0.4, 0.5) is 14.0 Å². The number of rotatable bonds is 7. The van der Waals surface area contributed by atoms with E-state index in [0.29, 0.717) is 30.4 Å². The third kappa shape index (κ3) is 5.65. The lowest BCUT2D eigenvalue weighted by molar-refractivity contribution is -0.143. The lowest BCUT2D eigenvalue weighted by Crippen LogP contribution is -2.55. The summed E-state index contributed by atoms with van der Waals surface area (Å²) >= 11 is 3.40. The summed E-state index contributed by atoms with van der Waals surface area (Å²) in [5, 5.41) is 8.94. The van der Waals surface area contributed by atoms with E-state index in [9.17, 15) is 32.0 Å². The van der Waals surface area contributed by atoms with Gasteiger partial charge in [-0.1, -0.05) is 34.1 Å². The molecule has 15 heteroatoms. The predicted molar refractivity (Wildman–Crippen MR) is 144 cm³/mol. The minimum atomic E-state index is -4.39. The number of aryl methyl sites for hydroxylation is 1. The second-order valence-electron chi connectivity index (χ2n) is 10.1. The first-order valence-electron chi connectivity index (χ1n) is 12.8. The summed E-state index contributed by atoms with van der Waals surface area (Å²) in [5.41, 5.74) is 0.430. The molecule has 1 spiro atoms. The van der Waals surface area contributed by atoms with Gasteiger partial charge in [-0.05, 0) is 54.7 Å². The number of fused-ring (bicyclic) bond motifs is 2. The fourth-order valence-corrected chi connectivity index (χ4v) is 7.12. The van der Waals surface area contributed by atoms with Crippen molar-refractivity contribution in [1.82, 2.24) is 18.8 Å². The molecule has 0 bridgehead atoms. The van der Waals surface area contributed by atoms with Crippen molar-refractivity contribution in [2.45, 2.75) is 43.9 Å². The van der Waals surface area contributed by atoms with E-state index in [1.165, 1.54) is 33.9 Å². The summed E-state index contributed by atoms with van der Waals surface area (Å²) in [7, 11) is -4.39. The first kappa shape index (κ1) is 29.0. The summed E-state index contributed by atoms with van der Waals surface area (Å²) < 4.78 is 47.5. The summed E-state index contributed by atoms with van der Waals surface area (Å²) in [5.74, 6) is -1.79. The first-order valence-corrected chi connectivity index (χ1v) is 15.0. The number of carboxylic acid groups (broad SMARTS) is 1. The molecule has 2 atom stereocenters. The zero-order chi connectivity index (χ0) is 29.5. The molecule has 2 aromatic carbocycles. The monoisotopic (exact) mass is 652 g/mol. The number of hydrogen-bond acceptors (Lipinski definition) is 7. The number of hydrogen-bond donors (Lipinski definition) is 2. The minimum absolute atomic E-state index is 0.0344. The van der Waals surface area contributed by atoms with Crippen molar-refractivity contribution >= 4 is 50.1 Å². The van der Waals surface area contributed by atoms with Crippen molar-refractivity contribution in [3.63, 3.8) is 0 Å². The lowest BCUT2D eigenvalue weighted by atomic mass is 9.95. The zero-order valence-corrected chi connectivity index (χ0v) is 24.0. The van der Waals surface area contributed by atoms with Crippen LogP contribution in [0.15, 0.2) is 46.9 Å². The lowest BCUT2D eigenvalue weighted by Gasteiger charge is -2.39. The van der Waals surface area contributed by atoms with Crippen LogP contribution in [0, 0.1) is 5.82 Å². The van der Waals surface area contributed by atoms with E-state index in [1.807, 2.05) is 6.07 Å². The number of nitrogens with zero attached hydrogens (tertiary/aromatic N) is 3. The highest BCUT2D eigenvalue weighted by molar-refractivity contribution is 9.10. The second kappa shape index (κ2) is 11.0. The summed E-state index contributed by atoms with van der Waals surface area (Å²) in [6.45, 7) is -0.904. The van der Waals surface area contributed by atoms with Gasteiger partial charge >= 0.3 is 22.4 Å². The van der Waals surface area contributed by atoms with Gasteiger partial charge < -0.3 is 14.7 Å². The van der Waals surface area contributed by atoms with Gasteiger partial charge in [0.15, 0.2) is 0 Å². The molecule has 41 heavy (non-hydrogen) atoms. The number of piperidine rings is 1. The van der Waals surface area contributed by atoms with Gasteiger partial charge in [0.05, 0.1) is 0 Å². The highest BCUT2D eigenvalue weighted by Crippen LogP contribution is 2.46. The fourth-order valence-electron chi connectivity index (χ4n) is 5.62. The number of halogens is 2. The van der Waals surface area contributed by atoms with E-state index in [1.54, 1.807) is 12.1 Å². The number of carbonyl (C=O) groups excluding carboxylic acids is 3. The molecule has 4 amide bonds. The van der Waals surface area contributed by atoms with Crippen LogP contribution in [0.3, 0.4) is 0 Å². The van der Waals surface area contributed by atoms with Crippen LogP contribution < -0.4 is 4.72 Å². The minimum Gasteiger partial charge on any atom is -0.464 e. The number of nitrogens with one attached hydrogen (secondary N) is 1. The van der Waals surface area contributed by atoms with Crippen molar-refractivity contribution < 1.29 is 41.8 Å². The van der Waals surface area contributed by atoms with Gasteiger partial charge in [0.2, 0.25) is 11.5 Å². The fraction of sp³-hybridized carbons (Fsp3) is 0.385. The number of imide groups is 1. The Morgan fingerprint density at radius 3 is 2.63 bits per heavy atom. The molecule has 12 nitrogen and oxygen atoms in total. The van der Waals surface area contributed by atoms with E-state index in [4.69, 9.17) is 9.84 Å². The Morgan fingerprint density at radius 1 is 1.20 bits per heavy atom. The highest BCUT2D eigenvalue weighted by Gasteiger charge is 2.58. The Labute approximate surface area is 243 Å². The Hall–Kier alpha value is -3.56. The smallest absolute Gasteiger partial charge is 0.419 e. The largest absolute Gasteiger partial charge is 0.464 e. The maximum atomic E-state index is 13.8. The molecule has 1 aliphatic carbocycles. The maximum absolute atomic E-state index is 13.8. The molecule has 218 valence electrons. The summed E-state index contributed by atoms with van der Waals surface area (Å²) in [6, 6.07) is 9.96. The van der Waals surface area contributed by atoms with Crippen LogP contribution >= 0.6 is 15.9 Å². The molecule has 0 saturated carbocycles. The number of carbonyl (C=O) groups is 4. The van der Waals surface area contributed by atoms with Crippen molar-refractivity contribution in [2.24, 2.45) is 0 Å². The average molecular weight is 653 g/mol. The van der Waals surface area contributed by atoms with Crippen LogP contribution in [0.1, 0.15) is 36.0 Å². The van der Waals surface area contributed by atoms with Gasteiger partial charge in [-0.25, -0.2) is 23.6 Å². The predicted octanol–water partition coefficient (Wildman–Crippen LogP) is 2.71. The second-order valence-corrected chi connectivity index (χ2v) is 12.7. The van der Waals surface area contributed by atoms with Gasteiger partial charge in [0, 0.05) is 42.1 Å². The molecule has 2 N–H and O–H groups in total. The third-order valence-electron chi connectivity index (χ3n) is 7.56. The standard InChI is InChI=1S/C26H26BrFN4O8S/c27-18-5-8-21-17(12-18)9-10-26(21)23(34)32(25(37)40-26)15-22(33)31(13-16-3-6-19(28)7-4-16)20-2-1-11-30(14-20)41(38,39)29-24(35)36/h3-8,12,20,29H,1-2,9-11,13-15H2,(H,35,36)/t20-,26-/m1/s1. The van der Waals surface area contributed by atoms with Gasteiger partial charge in [-0.2, -0.15) is 12.7 Å². The van der Waals surface area contributed by atoms with Crippen LogP contribution in [0.5, 0.6) is 0 Å². The SMILES string of the molecule is O=C(O)NS(=O)(=O)N1CCC[C@@H](N(Cc2ccc(F)cc2)C(=O)CN2C(=O)O[C@@]3(CCc4cc(Br)ccc43)C2=O)C1. The number of amides is 4. The molecule has 5 rings (SSSR count). The highest BCUT2D eigenvalue weighted by atomic mass is 79.9. The van der Waals surface area contributed by atoms with Gasteiger partial charge in [-0.3, -0.25) is 9.59 Å². The number of benzene rings is 2. The van der Waals surface area contributed by atoms with Crippen molar-refractivity contribution in [1.29, 1.82) is 0 Å². The molecule has 2 aromatic rings. The molecular formula is C26H26BrFN4O8S. The van der Waals surface area contributed by atoms with Crippen molar-refractivity contribution in [3.8, 4) is 0 Å². The van der Waals surface area contributed by atoms with Crippen molar-refractivity contribution in [3.05, 3.63) is 69.4 Å². The van der Waals surface area contributed by atoms with E-state index in [-0.39, 0.29) is 26.1 Å². The van der Waals surface area contributed by atoms with Crippen LogP contribution in [0.25, 0.3) is 0 Å². The first-order chi connectivity index (χ1) is 19.4. The molecule has 2 fully saturated rings. The van der Waals surface area contributed by atoms with E-state index in [2.05, 4.69) is 15.9 Å². The molecule has 0 unspecified atom stereocenters. The van der Waals surface area contributed by atoms with Gasteiger partial charge in [0.1, 0.15) is 12.4 Å².